The van der Waals surface area contributed by atoms with Crippen LogP contribution in [0.5, 0.6) is 0 Å². The summed E-state index contributed by atoms with van der Waals surface area (Å²) in [5.41, 5.74) is 2.31. The Labute approximate surface area is 149 Å². The molecular formula is C17H16Cl2N2O3. The molecule has 1 aromatic heterocycles. The molecule has 126 valence electrons. The second-order valence-corrected chi connectivity index (χ2v) is 6.01. The second kappa shape index (κ2) is 8.13. The molecule has 5 nitrogen and oxygen atoms in total. The molecule has 24 heavy (non-hydrogen) atoms. The summed E-state index contributed by atoms with van der Waals surface area (Å²) in [4.78, 5) is 22.3. The van der Waals surface area contributed by atoms with Crippen LogP contribution in [0.3, 0.4) is 0 Å². The molecule has 1 aromatic carbocycles. The third-order valence-electron chi connectivity index (χ3n) is 3.16. The van der Waals surface area contributed by atoms with Crippen LogP contribution in [0.15, 0.2) is 30.3 Å². The van der Waals surface area contributed by atoms with Gasteiger partial charge in [0.25, 0.3) is 0 Å². The molecule has 0 radical (unpaired) electrons. The highest BCUT2D eigenvalue weighted by molar-refractivity contribution is 6.31. The molecule has 0 saturated carbocycles. The fourth-order valence-electron chi connectivity index (χ4n) is 2.00. The number of Topliss-reactive ketones (excluding diaryl/α,β-unsaturated/α-hetero) is 1. The van der Waals surface area contributed by atoms with Gasteiger partial charge in [-0.2, -0.15) is 5.10 Å². The number of aryl methyl sites for hydroxylation is 1. The van der Waals surface area contributed by atoms with Crippen molar-refractivity contribution in [1.82, 2.24) is 9.78 Å². The quantitative estimate of drug-likeness (QED) is 0.577. The summed E-state index contributed by atoms with van der Waals surface area (Å²) in [6.07, 6.45) is 2.76. The number of carbonyl (C=O) groups is 2. The summed E-state index contributed by atoms with van der Waals surface area (Å²) in [6, 6.07) is 7.38. The Morgan fingerprint density at radius 1 is 1.25 bits per heavy atom. The Morgan fingerprint density at radius 3 is 2.54 bits per heavy atom. The van der Waals surface area contributed by atoms with E-state index in [-0.39, 0.29) is 12.4 Å². The Balaban J connectivity index is 2.12. The molecule has 0 aliphatic carbocycles. The highest BCUT2D eigenvalue weighted by Gasteiger charge is 2.12. The normalized spacial score (nSPS) is 11.0. The average Bonchev–Trinajstić information content (AvgIpc) is 2.79. The molecule has 0 N–H and O–H groups in total. The first-order chi connectivity index (χ1) is 11.4. The van der Waals surface area contributed by atoms with Gasteiger partial charge in [-0.05, 0) is 37.6 Å². The van der Waals surface area contributed by atoms with Gasteiger partial charge in [0.1, 0.15) is 11.8 Å². The first kappa shape index (κ1) is 18.2. The standard InChI is InChI=1S/C17H16Cl2N2O3/c1-11(22)10-24-16(23)8-7-15-12(2)20-21(17(15)19)9-13-3-5-14(18)6-4-13/h3-8H,9-10H2,1-2H3/b8-7+. The second-order valence-electron chi connectivity index (χ2n) is 5.22. The van der Waals surface area contributed by atoms with Crippen LogP contribution < -0.4 is 0 Å². The lowest BCUT2D eigenvalue weighted by Crippen LogP contribution is -2.08. The smallest absolute Gasteiger partial charge is 0.331 e. The average molecular weight is 367 g/mol. The van der Waals surface area contributed by atoms with E-state index in [2.05, 4.69) is 5.10 Å². The molecule has 0 amide bonds. The molecule has 0 unspecified atom stereocenters. The molecule has 0 bridgehead atoms. The maximum absolute atomic E-state index is 11.5. The Morgan fingerprint density at radius 2 is 1.92 bits per heavy atom. The first-order valence-electron chi connectivity index (χ1n) is 7.18. The van der Waals surface area contributed by atoms with Crippen molar-refractivity contribution >= 4 is 41.0 Å². The number of nitrogens with zero attached hydrogens (tertiary/aromatic N) is 2. The number of ketones is 1. The molecular weight excluding hydrogens is 351 g/mol. The zero-order valence-corrected chi connectivity index (χ0v) is 14.8. The summed E-state index contributed by atoms with van der Waals surface area (Å²) in [7, 11) is 0. The van der Waals surface area contributed by atoms with E-state index in [1.807, 2.05) is 12.1 Å². The molecule has 2 aromatic rings. The van der Waals surface area contributed by atoms with Gasteiger partial charge < -0.3 is 4.74 Å². The summed E-state index contributed by atoms with van der Waals surface area (Å²) < 4.78 is 6.40. The van der Waals surface area contributed by atoms with E-state index in [9.17, 15) is 9.59 Å². The topological polar surface area (TPSA) is 61.2 Å². The maximum Gasteiger partial charge on any atom is 0.331 e. The van der Waals surface area contributed by atoms with Gasteiger partial charge >= 0.3 is 5.97 Å². The largest absolute Gasteiger partial charge is 0.455 e. The van der Waals surface area contributed by atoms with Crippen molar-refractivity contribution < 1.29 is 14.3 Å². The van der Waals surface area contributed by atoms with Gasteiger partial charge in [-0.1, -0.05) is 35.3 Å². The molecule has 2 rings (SSSR count). The number of esters is 1. The summed E-state index contributed by atoms with van der Waals surface area (Å²) in [5.74, 6) is -0.826. The number of aromatic nitrogens is 2. The number of carbonyl (C=O) groups excluding carboxylic acids is 2. The van der Waals surface area contributed by atoms with Crippen LogP contribution in [0.25, 0.3) is 6.08 Å². The number of benzene rings is 1. The van der Waals surface area contributed by atoms with Crippen LogP contribution in [0, 0.1) is 6.92 Å². The van der Waals surface area contributed by atoms with Gasteiger partial charge in [-0.15, -0.1) is 0 Å². The van der Waals surface area contributed by atoms with Crippen LogP contribution in [0.4, 0.5) is 0 Å². The van der Waals surface area contributed by atoms with Crippen molar-refractivity contribution in [3.63, 3.8) is 0 Å². The highest BCUT2D eigenvalue weighted by atomic mass is 35.5. The van der Waals surface area contributed by atoms with Gasteiger partial charge in [0.05, 0.1) is 12.2 Å². The molecule has 0 atom stereocenters. The minimum atomic E-state index is -0.605. The molecule has 7 heteroatoms. The number of halogens is 2. The lowest BCUT2D eigenvalue weighted by atomic mass is 10.2. The van der Waals surface area contributed by atoms with E-state index in [1.54, 1.807) is 23.7 Å². The summed E-state index contributed by atoms with van der Waals surface area (Å²) in [5, 5.41) is 5.45. The predicted octanol–water partition coefficient (Wildman–Crippen LogP) is 3.69. The minimum absolute atomic E-state index is 0.221. The van der Waals surface area contributed by atoms with Crippen molar-refractivity contribution in [3.8, 4) is 0 Å². The third kappa shape index (κ3) is 4.94. The predicted molar refractivity (Wildman–Crippen MR) is 93.2 cm³/mol. The molecule has 0 aliphatic rings. The zero-order valence-electron chi connectivity index (χ0n) is 13.3. The lowest BCUT2D eigenvalue weighted by Gasteiger charge is -2.03. The van der Waals surface area contributed by atoms with Crippen molar-refractivity contribution in [1.29, 1.82) is 0 Å². The van der Waals surface area contributed by atoms with Crippen molar-refractivity contribution in [2.45, 2.75) is 20.4 Å². The number of hydrogen-bond donors (Lipinski definition) is 0. The number of rotatable bonds is 6. The molecule has 0 fully saturated rings. The van der Waals surface area contributed by atoms with Gasteiger partial charge in [-0.25, -0.2) is 9.48 Å². The Kier molecular flexibility index (Phi) is 6.17. The van der Waals surface area contributed by atoms with E-state index >= 15 is 0 Å². The molecule has 1 heterocycles. The molecule has 0 spiro atoms. The molecule has 0 aliphatic heterocycles. The fourth-order valence-corrected chi connectivity index (χ4v) is 2.42. The van der Waals surface area contributed by atoms with E-state index < -0.39 is 5.97 Å². The van der Waals surface area contributed by atoms with Crippen LogP contribution in [0.1, 0.15) is 23.7 Å². The van der Waals surface area contributed by atoms with Crippen LogP contribution in [-0.4, -0.2) is 28.1 Å². The SMILES string of the molecule is CC(=O)COC(=O)/C=C/c1c(C)nn(Cc2ccc(Cl)cc2)c1Cl. The van der Waals surface area contributed by atoms with Gasteiger partial charge in [0.15, 0.2) is 5.78 Å². The molecule has 0 saturated heterocycles. The van der Waals surface area contributed by atoms with Gasteiger partial charge in [-0.3, -0.25) is 4.79 Å². The zero-order chi connectivity index (χ0) is 17.7. The van der Waals surface area contributed by atoms with Gasteiger partial charge in [0, 0.05) is 16.7 Å². The monoisotopic (exact) mass is 366 g/mol. The van der Waals surface area contributed by atoms with Crippen LogP contribution in [-0.2, 0) is 20.9 Å². The van der Waals surface area contributed by atoms with Crippen molar-refractivity contribution in [2.24, 2.45) is 0 Å². The van der Waals surface area contributed by atoms with Crippen molar-refractivity contribution in [2.75, 3.05) is 6.61 Å². The highest BCUT2D eigenvalue weighted by Crippen LogP contribution is 2.22. The van der Waals surface area contributed by atoms with E-state index in [0.29, 0.717) is 28.0 Å². The van der Waals surface area contributed by atoms with Gasteiger partial charge in [0.2, 0.25) is 0 Å². The summed E-state index contributed by atoms with van der Waals surface area (Å²) in [6.45, 7) is 3.38. The van der Waals surface area contributed by atoms with E-state index in [1.165, 1.54) is 19.1 Å². The fraction of sp³-hybridized carbons (Fsp3) is 0.235. The number of ether oxygens (including phenoxy) is 1. The van der Waals surface area contributed by atoms with Crippen molar-refractivity contribution in [3.05, 3.63) is 57.3 Å². The maximum atomic E-state index is 11.5. The van der Waals surface area contributed by atoms with Crippen LogP contribution in [0.2, 0.25) is 10.2 Å². The minimum Gasteiger partial charge on any atom is -0.455 e. The van der Waals surface area contributed by atoms with Crippen LogP contribution >= 0.6 is 23.2 Å². The Bertz CT molecular complexity index is 780. The Hall–Kier alpha value is -2.11. The summed E-state index contributed by atoms with van der Waals surface area (Å²) >= 11 is 12.2. The lowest BCUT2D eigenvalue weighted by molar-refractivity contribution is -0.142. The number of hydrogen-bond acceptors (Lipinski definition) is 4. The third-order valence-corrected chi connectivity index (χ3v) is 3.81. The van der Waals surface area contributed by atoms with E-state index in [4.69, 9.17) is 27.9 Å². The first-order valence-corrected chi connectivity index (χ1v) is 7.94. The van der Waals surface area contributed by atoms with E-state index in [0.717, 1.165) is 5.56 Å².